The maximum absolute atomic E-state index is 5.87. The fourth-order valence-electron chi connectivity index (χ4n) is 2.35. The minimum absolute atomic E-state index is 0.665. The number of furan rings is 1. The molecule has 1 saturated carbocycles. The first-order chi connectivity index (χ1) is 8.72. The average molecular weight is 241 g/mol. The number of hydrogen-bond acceptors (Lipinski definition) is 2. The molecule has 0 spiro atoms. The van der Waals surface area contributed by atoms with Gasteiger partial charge in [-0.1, -0.05) is 19.1 Å². The van der Waals surface area contributed by atoms with Crippen molar-refractivity contribution >= 4 is 5.69 Å². The Morgan fingerprint density at radius 1 is 1.28 bits per heavy atom. The second-order valence-corrected chi connectivity index (χ2v) is 5.35. The van der Waals surface area contributed by atoms with Gasteiger partial charge in [0.1, 0.15) is 11.5 Å². The monoisotopic (exact) mass is 241 g/mol. The van der Waals surface area contributed by atoms with E-state index < -0.39 is 0 Å². The Morgan fingerprint density at radius 2 is 2.11 bits per heavy atom. The second kappa shape index (κ2) is 4.52. The zero-order valence-electron chi connectivity index (χ0n) is 10.9. The third-order valence-electron chi connectivity index (χ3n) is 3.64. The van der Waals surface area contributed by atoms with Gasteiger partial charge in [-0.3, -0.25) is 0 Å². The summed E-state index contributed by atoms with van der Waals surface area (Å²) in [6.45, 7) is 5.13. The van der Waals surface area contributed by atoms with Crippen LogP contribution in [-0.4, -0.2) is 0 Å². The summed E-state index contributed by atoms with van der Waals surface area (Å²) >= 11 is 0. The molecule has 2 heteroatoms. The number of nitrogens with one attached hydrogen (secondary N) is 1. The highest BCUT2D eigenvalue weighted by atomic mass is 16.3. The van der Waals surface area contributed by atoms with Gasteiger partial charge in [0.15, 0.2) is 0 Å². The van der Waals surface area contributed by atoms with Crippen LogP contribution in [0.4, 0.5) is 5.69 Å². The van der Waals surface area contributed by atoms with E-state index in [1.54, 1.807) is 0 Å². The first kappa shape index (κ1) is 11.4. The summed E-state index contributed by atoms with van der Waals surface area (Å²) in [6, 6.07) is 12.6. The number of aryl methyl sites for hydroxylation is 1. The van der Waals surface area contributed by atoms with Gasteiger partial charge in [-0.05, 0) is 49.1 Å². The summed E-state index contributed by atoms with van der Waals surface area (Å²) in [7, 11) is 0. The van der Waals surface area contributed by atoms with Crippen molar-refractivity contribution < 1.29 is 4.42 Å². The van der Waals surface area contributed by atoms with E-state index in [4.69, 9.17) is 4.42 Å². The van der Waals surface area contributed by atoms with Crippen LogP contribution in [0.25, 0.3) is 0 Å². The molecule has 1 aromatic heterocycles. The van der Waals surface area contributed by atoms with Gasteiger partial charge in [0.2, 0.25) is 0 Å². The molecule has 1 heterocycles. The molecule has 1 N–H and O–H groups in total. The molecule has 2 nitrogen and oxygen atoms in total. The van der Waals surface area contributed by atoms with Crippen LogP contribution in [0, 0.1) is 12.8 Å². The Morgan fingerprint density at radius 3 is 2.83 bits per heavy atom. The smallest absolute Gasteiger partial charge is 0.123 e. The maximum Gasteiger partial charge on any atom is 0.123 e. The van der Waals surface area contributed by atoms with Crippen molar-refractivity contribution in [3.05, 3.63) is 53.5 Å². The van der Waals surface area contributed by atoms with Crippen molar-refractivity contribution in [1.29, 1.82) is 0 Å². The Kier molecular flexibility index (Phi) is 2.86. The molecule has 0 amide bonds. The SMILES string of the molecule is Cc1cccc(NCc2ccc(C3CC3C)o2)c1. The standard InChI is InChI=1S/C16H19NO/c1-11-4-3-5-13(8-11)17-10-14-6-7-16(18-14)15-9-12(15)2/h3-8,12,15,17H,9-10H2,1-2H3. The predicted molar refractivity (Wildman–Crippen MR) is 73.7 cm³/mol. The first-order valence-corrected chi connectivity index (χ1v) is 6.61. The zero-order valence-corrected chi connectivity index (χ0v) is 10.9. The van der Waals surface area contributed by atoms with Crippen molar-refractivity contribution in [2.45, 2.75) is 32.7 Å². The van der Waals surface area contributed by atoms with Crippen molar-refractivity contribution in [1.82, 2.24) is 0 Å². The molecule has 94 valence electrons. The van der Waals surface area contributed by atoms with E-state index in [-0.39, 0.29) is 0 Å². The van der Waals surface area contributed by atoms with Gasteiger partial charge >= 0.3 is 0 Å². The topological polar surface area (TPSA) is 25.2 Å². The molecular weight excluding hydrogens is 222 g/mol. The molecule has 3 rings (SSSR count). The van der Waals surface area contributed by atoms with Crippen molar-refractivity contribution in [2.24, 2.45) is 5.92 Å². The lowest BCUT2D eigenvalue weighted by Gasteiger charge is -2.05. The van der Waals surface area contributed by atoms with Gasteiger partial charge in [0.25, 0.3) is 0 Å². The van der Waals surface area contributed by atoms with Crippen molar-refractivity contribution in [3.63, 3.8) is 0 Å². The summed E-state index contributed by atoms with van der Waals surface area (Å²) in [6.07, 6.45) is 1.28. The molecule has 1 aliphatic carbocycles. The third kappa shape index (κ3) is 2.42. The van der Waals surface area contributed by atoms with Crippen LogP contribution in [0.15, 0.2) is 40.8 Å². The van der Waals surface area contributed by atoms with Crippen molar-refractivity contribution in [3.8, 4) is 0 Å². The average Bonchev–Trinajstić information content (AvgIpc) is 2.91. The second-order valence-electron chi connectivity index (χ2n) is 5.35. The number of benzene rings is 1. The maximum atomic E-state index is 5.87. The normalized spacial score (nSPS) is 21.9. The van der Waals surface area contributed by atoms with Crippen LogP contribution < -0.4 is 5.32 Å². The van der Waals surface area contributed by atoms with Gasteiger partial charge in [0.05, 0.1) is 6.54 Å². The highest BCUT2D eigenvalue weighted by Crippen LogP contribution is 2.47. The summed E-state index contributed by atoms with van der Waals surface area (Å²) < 4.78 is 5.87. The van der Waals surface area contributed by atoms with Crippen LogP contribution in [0.2, 0.25) is 0 Å². The van der Waals surface area contributed by atoms with Crippen LogP contribution in [0.3, 0.4) is 0 Å². The van der Waals surface area contributed by atoms with Crippen LogP contribution in [-0.2, 0) is 6.54 Å². The summed E-state index contributed by atoms with van der Waals surface area (Å²) in [5.41, 5.74) is 2.42. The van der Waals surface area contributed by atoms with Crippen molar-refractivity contribution in [2.75, 3.05) is 5.32 Å². The molecular formula is C16H19NO. The van der Waals surface area contributed by atoms with E-state index in [9.17, 15) is 0 Å². The minimum Gasteiger partial charge on any atom is -0.464 e. The molecule has 18 heavy (non-hydrogen) atoms. The fraction of sp³-hybridized carbons (Fsp3) is 0.375. The quantitative estimate of drug-likeness (QED) is 0.862. The molecule has 0 saturated heterocycles. The Bertz CT molecular complexity index is 544. The number of hydrogen-bond donors (Lipinski definition) is 1. The van der Waals surface area contributed by atoms with Gasteiger partial charge in [0, 0.05) is 11.6 Å². The predicted octanol–water partition coefficient (Wildman–Crippen LogP) is 4.32. The Labute approximate surface area is 108 Å². The van der Waals surface area contributed by atoms with E-state index in [0.717, 1.165) is 29.7 Å². The van der Waals surface area contributed by atoms with E-state index in [1.165, 1.54) is 12.0 Å². The van der Waals surface area contributed by atoms with Gasteiger partial charge < -0.3 is 9.73 Å². The van der Waals surface area contributed by atoms with Gasteiger partial charge in [-0.25, -0.2) is 0 Å². The van der Waals surface area contributed by atoms with E-state index >= 15 is 0 Å². The molecule has 1 fully saturated rings. The minimum atomic E-state index is 0.665. The Hall–Kier alpha value is -1.70. The lowest BCUT2D eigenvalue weighted by atomic mass is 10.2. The highest BCUT2D eigenvalue weighted by molar-refractivity contribution is 5.45. The summed E-state index contributed by atoms with van der Waals surface area (Å²) in [5.74, 6) is 3.64. The highest BCUT2D eigenvalue weighted by Gasteiger charge is 2.36. The largest absolute Gasteiger partial charge is 0.464 e. The molecule has 2 unspecified atom stereocenters. The zero-order chi connectivity index (χ0) is 12.5. The summed E-state index contributed by atoms with van der Waals surface area (Å²) in [4.78, 5) is 0. The molecule has 2 atom stereocenters. The fourth-order valence-corrected chi connectivity index (χ4v) is 2.35. The van der Waals surface area contributed by atoms with E-state index in [2.05, 4.69) is 55.6 Å². The molecule has 0 radical (unpaired) electrons. The lowest BCUT2D eigenvalue weighted by molar-refractivity contribution is 0.468. The van der Waals surface area contributed by atoms with Gasteiger partial charge in [-0.15, -0.1) is 0 Å². The molecule has 1 aliphatic rings. The van der Waals surface area contributed by atoms with Gasteiger partial charge in [-0.2, -0.15) is 0 Å². The lowest BCUT2D eigenvalue weighted by Crippen LogP contribution is -1.97. The number of anilines is 1. The van der Waals surface area contributed by atoms with Crippen LogP contribution >= 0.6 is 0 Å². The molecule has 0 aliphatic heterocycles. The molecule has 0 bridgehead atoms. The number of rotatable bonds is 4. The molecule has 1 aromatic carbocycles. The first-order valence-electron chi connectivity index (χ1n) is 6.61. The Balaban J connectivity index is 1.61. The van der Waals surface area contributed by atoms with E-state index in [1.807, 2.05) is 0 Å². The van der Waals surface area contributed by atoms with Crippen LogP contribution in [0.5, 0.6) is 0 Å². The van der Waals surface area contributed by atoms with E-state index in [0.29, 0.717) is 5.92 Å². The van der Waals surface area contributed by atoms with Crippen LogP contribution in [0.1, 0.15) is 36.3 Å². The molecule has 2 aromatic rings. The third-order valence-corrected chi connectivity index (χ3v) is 3.64. The summed E-state index contributed by atoms with van der Waals surface area (Å²) in [5, 5.41) is 3.39.